The van der Waals surface area contributed by atoms with E-state index in [1.807, 2.05) is 6.92 Å². The molecule has 0 radical (unpaired) electrons. The molecule has 1 aromatic heterocycles. The molecular formula is C18H21FN2O2. The third kappa shape index (κ3) is 3.62. The highest BCUT2D eigenvalue weighted by molar-refractivity contribution is 5.76. The highest BCUT2D eigenvalue weighted by Crippen LogP contribution is 2.34. The predicted octanol–water partition coefficient (Wildman–Crippen LogP) is 3.58. The molecule has 2 heterocycles. The summed E-state index contributed by atoms with van der Waals surface area (Å²) in [6.45, 7) is 4.07. The van der Waals surface area contributed by atoms with Crippen molar-refractivity contribution in [1.29, 1.82) is 0 Å². The van der Waals surface area contributed by atoms with E-state index in [9.17, 15) is 4.39 Å². The molecule has 3 rings (SSSR count). The lowest BCUT2D eigenvalue weighted by atomic mass is 10.00. The zero-order valence-electron chi connectivity index (χ0n) is 13.2. The van der Waals surface area contributed by atoms with Gasteiger partial charge < -0.3 is 15.2 Å². The van der Waals surface area contributed by atoms with Gasteiger partial charge in [0.15, 0.2) is 0 Å². The summed E-state index contributed by atoms with van der Waals surface area (Å²) < 4.78 is 25.1. The Hall–Kier alpha value is -2.14. The highest BCUT2D eigenvalue weighted by Gasteiger charge is 2.17. The van der Waals surface area contributed by atoms with Crippen LogP contribution in [0.25, 0.3) is 11.1 Å². The van der Waals surface area contributed by atoms with Gasteiger partial charge in [-0.1, -0.05) is 0 Å². The third-order valence-corrected chi connectivity index (χ3v) is 4.30. The largest absolute Gasteiger partial charge is 0.493 e. The fourth-order valence-corrected chi connectivity index (χ4v) is 2.77. The van der Waals surface area contributed by atoms with Crippen molar-refractivity contribution in [3.8, 4) is 16.9 Å². The molecule has 2 N–H and O–H groups in total. The van der Waals surface area contributed by atoms with Crippen molar-refractivity contribution in [2.24, 2.45) is 5.92 Å². The molecule has 1 saturated heterocycles. The van der Waals surface area contributed by atoms with Crippen LogP contribution in [0.4, 0.5) is 10.1 Å². The van der Waals surface area contributed by atoms with E-state index in [4.69, 9.17) is 15.2 Å². The van der Waals surface area contributed by atoms with E-state index in [2.05, 4.69) is 4.98 Å². The molecule has 0 atom stereocenters. The first-order valence-corrected chi connectivity index (χ1v) is 7.85. The maximum atomic E-state index is 13.7. The van der Waals surface area contributed by atoms with E-state index in [1.165, 1.54) is 12.1 Å². The molecule has 0 bridgehead atoms. The average molecular weight is 316 g/mol. The van der Waals surface area contributed by atoms with Crippen molar-refractivity contribution < 1.29 is 13.9 Å². The molecule has 0 saturated carbocycles. The van der Waals surface area contributed by atoms with Gasteiger partial charge in [0.1, 0.15) is 11.6 Å². The summed E-state index contributed by atoms with van der Waals surface area (Å²) in [4.78, 5) is 4.12. The maximum Gasteiger partial charge on any atom is 0.127 e. The third-order valence-electron chi connectivity index (χ3n) is 4.30. The Kier molecular flexibility index (Phi) is 4.76. The summed E-state index contributed by atoms with van der Waals surface area (Å²) in [5.74, 6) is 0.829. The Morgan fingerprint density at radius 1 is 1.26 bits per heavy atom. The quantitative estimate of drug-likeness (QED) is 0.936. The van der Waals surface area contributed by atoms with Crippen molar-refractivity contribution in [3.63, 3.8) is 0 Å². The second kappa shape index (κ2) is 6.96. The van der Waals surface area contributed by atoms with Gasteiger partial charge >= 0.3 is 0 Å². The topological polar surface area (TPSA) is 57.4 Å². The lowest BCUT2D eigenvalue weighted by Gasteiger charge is -2.23. The highest BCUT2D eigenvalue weighted by atomic mass is 19.1. The summed E-state index contributed by atoms with van der Waals surface area (Å²) in [5.41, 5.74) is 8.87. The number of benzene rings is 1. The second-order valence-electron chi connectivity index (χ2n) is 5.91. The van der Waals surface area contributed by atoms with Crippen LogP contribution in [0.15, 0.2) is 30.6 Å². The maximum absolute atomic E-state index is 13.7. The first kappa shape index (κ1) is 15.7. The van der Waals surface area contributed by atoms with Gasteiger partial charge in [0.05, 0.1) is 18.5 Å². The van der Waals surface area contributed by atoms with E-state index in [0.717, 1.165) is 37.2 Å². The van der Waals surface area contributed by atoms with E-state index in [-0.39, 0.29) is 5.82 Å². The fraction of sp³-hybridized carbons (Fsp3) is 0.389. The van der Waals surface area contributed by atoms with E-state index < -0.39 is 0 Å². The van der Waals surface area contributed by atoms with Gasteiger partial charge in [-0.2, -0.15) is 0 Å². The van der Waals surface area contributed by atoms with Crippen LogP contribution in [0.2, 0.25) is 0 Å². The van der Waals surface area contributed by atoms with Crippen LogP contribution in [0.3, 0.4) is 0 Å². The van der Waals surface area contributed by atoms with Gasteiger partial charge in [-0.05, 0) is 49.4 Å². The Morgan fingerprint density at radius 2 is 2.04 bits per heavy atom. The standard InChI is InChI=1S/C18H21FN2O2/c1-12-16(9-21-10-17(12)20)15-8-14(19)2-3-18(15)23-11-13-4-6-22-7-5-13/h2-3,8-10,13H,4-7,11,20H2,1H3. The zero-order valence-corrected chi connectivity index (χ0v) is 13.2. The molecule has 1 fully saturated rings. The minimum atomic E-state index is -0.305. The summed E-state index contributed by atoms with van der Waals surface area (Å²) >= 11 is 0. The number of hydrogen-bond donors (Lipinski definition) is 1. The molecule has 5 heteroatoms. The monoisotopic (exact) mass is 316 g/mol. The van der Waals surface area contributed by atoms with E-state index in [1.54, 1.807) is 18.5 Å². The molecule has 1 aliphatic heterocycles. The first-order chi connectivity index (χ1) is 11.1. The number of hydrogen-bond acceptors (Lipinski definition) is 4. The van der Waals surface area contributed by atoms with E-state index in [0.29, 0.717) is 29.5 Å². The Morgan fingerprint density at radius 3 is 2.83 bits per heavy atom. The van der Waals surface area contributed by atoms with Gasteiger partial charge in [0.25, 0.3) is 0 Å². The number of rotatable bonds is 4. The van der Waals surface area contributed by atoms with Gasteiger partial charge in [0, 0.05) is 30.5 Å². The summed E-state index contributed by atoms with van der Waals surface area (Å²) in [5, 5.41) is 0. The number of nitrogens with zero attached hydrogens (tertiary/aromatic N) is 1. The van der Waals surface area contributed by atoms with Crippen molar-refractivity contribution in [3.05, 3.63) is 42.0 Å². The molecule has 1 aliphatic rings. The molecule has 122 valence electrons. The molecule has 1 aromatic carbocycles. The second-order valence-corrected chi connectivity index (χ2v) is 5.91. The molecule has 2 aromatic rings. The van der Waals surface area contributed by atoms with Crippen LogP contribution < -0.4 is 10.5 Å². The number of ether oxygens (including phenoxy) is 2. The van der Waals surface area contributed by atoms with Crippen LogP contribution in [-0.4, -0.2) is 24.8 Å². The number of aromatic nitrogens is 1. The van der Waals surface area contributed by atoms with Crippen LogP contribution in [0.5, 0.6) is 5.75 Å². The predicted molar refractivity (Wildman–Crippen MR) is 87.8 cm³/mol. The lowest BCUT2D eigenvalue weighted by molar-refractivity contribution is 0.0498. The van der Waals surface area contributed by atoms with Crippen molar-refractivity contribution in [2.45, 2.75) is 19.8 Å². The van der Waals surface area contributed by atoms with Crippen molar-refractivity contribution in [2.75, 3.05) is 25.6 Å². The van der Waals surface area contributed by atoms with Crippen LogP contribution >= 0.6 is 0 Å². The lowest BCUT2D eigenvalue weighted by Crippen LogP contribution is -2.21. The molecule has 0 spiro atoms. The molecule has 0 aliphatic carbocycles. The average Bonchev–Trinajstić information content (AvgIpc) is 2.57. The minimum absolute atomic E-state index is 0.305. The summed E-state index contributed by atoms with van der Waals surface area (Å²) in [7, 11) is 0. The number of anilines is 1. The molecule has 23 heavy (non-hydrogen) atoms. The van der Waals surface area contributed by atoms with Gasteiger partial charge in [-0.15, -0.1) is 0 Å². The number of nitrogens with two attached hydrogens (primary N) is 1. The van der Waals surface area contributed by atoms with Gasteiger partial charge in [-0.3, -0.25) is 4.98 Å². The van der Waals surface area contributed by atoms with Gasteiger partial charge in [-0.25, -0.2) is 4.39 Å². The zero-order chi connectivity index (χ0) is 16.2. The number of halogens is 1. The smallest absolute Gasteiger partial charge is 0.127 e. The van der Waals surface area contributed by atoms with E-state index >= 15 is 0 Å². The number of pyridine rings is 1. The Labute approximate surface area is 135 Å². The minimum Gasteiger partial charge on any atom is -0.493 e. The Balaban J connectivity index is 1.87. The molecule has 4 nitrogen and oxygen atoms in total. The normalized spacial score (nSPS) is 15.6. The van der Waals surface area contributed by atoms with Crippen LogP contribution in [0.1, 0.15) is 18.4 Å². The van der Waals surface area contributed by atoms with Crippen LogP contribution in [0, 0.1) is 18.7 Å². The first-order valence-electron chi connectivity index (χ1n) is 7.85. The fourth-order valence-electron chi connectivity index (χ4n) is 2.77. The van der Waals surface area contributed by atoms with Crippen molar-refractivity contribution in [1.82, 2.24) is 4.98 Å². The van der Waals surface area contributed by atoms with Crippen molar-refractivity contribution >= 4 is 5.69 Å². The Bertz CT molecular complexity index is 685. The van der Waals surface area contributed by atoms with Crippen LogP contribution in [-0.2, 0) is 4.74 Å². The number of nitrogen functional groups attached to an aromatic ring is 1. The SMILES string of the molecule is Cc1c(N)cncc1-c1cc(F)ccc1OCC1CCOCC1. The van der Waals surface area contributed by atoms with Gasteiger partial charge in [0.2, 0.25) is 0 Å². The molecular weight excluding hydrogens is 295 g/mol. The molecule has 0 amide bonds. The summed E-state index contributed by atoms with van der Waals surface area (Å²) in [6, 6.07) is 4.56. The summed E-state index contributed by atoms with van der Waals surface area (Å²) in [6.07, 6.45) is 5.28. The molecule has 0 unspecified atom stereocenters.